The Kier molecular flexibility index (Phi) is 12.9. The standard InChI is InChI=1S/C74H45B2F8N5S/c1-42-18-13-19-43(2)70(42)89-62-41-66-51(76-49-25-10-12-35-61(49)88(74-58(83)32-17-33-59(74)84)65-38-47(39-67(90-66)69(65)76)86(45-22-7-4-8-23-45)72-54(79)28-15-29-55(72)80)40-50(62)75-48-24-9-11-34-60(48)87(73-56(81)30-16-31-57(73)82)63-36-46(37-64(89)68(63)75)85(44-20-5-3-6-21-44)71-52(77)26-14-27-53(71)78/h3-41H,1-2H3. The minimum atomic E-state index is -0.852. The highest BCUT2D eigenvalue weighted by Gasteiger charge is 2.49. The van der Waals surface area contributed by atoms with E-state index in [0.29, 0.717) is 77.9 Å². The molecular weight excluding hydrogens is 1160 g/mol. The first-order chi connectivity index (χ1) is 43.8. The number of rotatable bonds is 9. The molecule has 0 atom stereocenters. The first-order valence-electron chi connectivity index (χ1n) is 29.2. The summed E-state index contributed by atoms with van der Waals surface area (Å²) in [4.78, 5) is 9.64. The second-order valence-corrected chi connectivity index (χ2v) is 23.8. The van der Waals surface area contributed by atoms with Crippen molar-refractivity contribution in [1.29, 1.82) is 0 Å². The summed E-state index contributed by atoms with van der Waals surface area (Å²) in [6.45, 7) is 2.67. The summed E-state index contributed by atoms with van der Waals surface area (Å²) in [7, 11) is 0. The summed E-state index contributed by atoms with van der Waals surface area (Å²) in [6.07, 6.45) is 0. The number of aryl methyl sites for hydroxylation is 2. The zero-order chi connectivity index (χ0) is 61.4. The minimum absolute atomic E-state index is 0.267. The molecule has 16 rings (SSSR count). The summed E-state index contributed by atoms with van der Waals surface area (Å²) < 4.78 is 134. The molecule has 0 aromatic heterocycles. The summed E-state index contributed by atoms with van der Waals surface area (Å²) in [6, 6.07) is 64.7. The maximum Gasteiger partial charge on any atom is 0.252 e. The van der Waals surface area contributed by atoms with E-state index in [-0.39, 0.29) is 28.4 Å². The van der Waals surface area contributed by atoms with Gasteiger partial charge < -0.3 is 24.5 Å². The third-order valence-electron chi connectivity index (χ3n) is 17.6. The van der Waals surface area contributed by atoms with Gasteiger partial charge in [-0.05, 0) is 168 Å². The fourth-order valence-electron chi connectivity index (χ4n) is 14.0. The molecular formula is C74H45B2F8N5S. The lowest BCUT2D eigenvalue weighted by atomic mass is 9.31. The average molecular weight is 1210 g/mol. The number of anilines is 15. The van der Waals surface area contributed by atoms with Gasteiger partial charge in [0.25, 0.3) is 6.71 Å². The van der Waals surface area contributed by atoms with Crippen molar-refractivity contribution in [3.63, 3.8) is 0 Å². The highest BCUT2D eigenvalue weighted by Crippen LogP contribution is 2.53. The lowest BCUT2D eigenvalue weighted by molar-refractivity contribution is 0.584. The lowest BCUT2D eigenvalue weighted by Crippen LogP contribution is -2.64. The van der Waals surface area contributed by atoms with Gasteiger partial charge in [-0.3, -0.25) is 0 Å². The van der Waals surface area contributed by atoms with E-state index in [9.17, 15) is 0 Å². The van der Waals surface area contributed by atoms with E-state index >= 15 is 35.1 Å². The molecule has 12 aromatic carbocycles. The Morgan fingerprint density at radius 1 is 0.289 bits per heavy atom. The summed E-state index contributed by atoms with van der Waals surface area (Å²) in [5.74, 6) is -6.76. The SMILES string of the molecule is Cc1cccc(C)c1N1c2cc3c(cc2B2c4ccccc4N(c4c(F)cccc4F)c4cc(N(c5ccccc5)c5c(F)cccc5F)cc1c42)B1c2ccccc2N(c2c(F)cccc2F)c2cc(N(c4ccccc4)c4c(F)cccc4F)cc(c21)S3. The maximum absolute atomic E-state index is 17.0. The van der Waals surface area contributed by atoms with Gasteiger partial charge >= 0.3 is 0 Å². The number of benzene rings is 12. The predicted octanol–water partition coefficient (Wildman–Crippen LogP) is 17.2. The average Bonchev–Trinajstić information content (AvgIpc) is 0.691. The van der Waals surface area contributed by atoms with Crippen LogP contribution in [-0.4, -0.2) is 13.4 Å². The van der Waals surface area contributed by atoms with Crippen molar-refractivity contribution in [2.45, 2.75) is 23.6 Å². The Labute approximate surface area is 518 Å². The quantitative estimate of drug-likeness (QED) is 0.105. The lowest BCUT2D eigenvalue weighted by Gasteiger charge is -2.46. The Bertz CT molecular complexity index is 4880. The van der Waals surface area contributed by atoms with Crippen LogP contribution in [-0.2, 0) is 0 Å². The number of hydrogen-bond donors (Lipinski definition) is 0. The van der Waals surface area contributed by atoms with Crippen molar-refractivity contribution >= 4 is 143 Å². The van der Waals surface area contributed by atoms with Crippen LogP contribution < -0.4 is 57.3 Å². The summed E-state index contributed by atoms with van der Waals surface area (Å²) in [5.41, 5.74) is 9.62. The number of para-hydroxylation sites is 9. The van der Waals surface area contributed by atoms with Gasteiger partial charge in [0, 0.05) is 61.0 Å². The molecule has 0 aliphatic carbocycles. The van der Waals surface area contributed by atoms with E-state index in [4.69, 9.17) is 0 Å². The van der Waals surface area contributed by atoms with E-state index in [0.717, 1.165) is 32.6 Å². The van der Waals surface area contributed by atoms with Crippen molar-refractivity contribution in [1.82, 2.24) is 0 Å². The molecule has 90 heavy (non-hydrogen) atoms. The van der Waals surface area contributed by atoms with Crippen LogP contribution in [0.5, 0.6) is 0 Å². The Balaban J connectivity index is 1.02. The maximum atomic E-state index is 17.0. The van der Waals surface area contributed by atoms with Crippen molar-refractivity contribution in [2.75, 3.05) is 24.5 Å². The largest absolute Gasteiger partial charge is 0.311 e. The van der Waals surface area contributed by atoms with Crippen LogP contribution in [0.2, 0.25) is 0 Å². The molecule has 0 bridgehead atoms. The Morgan fingerprint density at radius 2 is 0.667 bits per heavy atom. The Hall–Kier alpha value is -10.4. The van der Waals surface area contributed by atoms with E-state index in [1.807, 2.05) is 80.6 Å². The summed E-state index contributed by atoms with van der Waals surface area (Å²) in [5, 5.41) is 0. The first-order valence-corrected chi connectivity index (χ1v) is 30.0. The Morgan fingerprint density at radius 3 is 1.13 bits per heavy atom. The summed E-state index contributed by atoms with van der Waals surface area (Å²) >= 11 is 1.40. The van der Waals surface area contributed by atoms with Gasteiger partial charge in [-0.25, -0.2) is 35.1 Å². The van der Waals surface area contributed by atoms with E-state index < -0.39 is 60.0 Å². The van der Waals surface area contributed by atoms with Crippen molar-refractivity contribution < 1.29 is 35.1 Å². The third kappa shape index (κ3) is 8.33. The van der Waals surface area contributed by atoms with Crippen LogP contribution in [0.25, 0.3) is 0 Å². The van der Waals surface area contributed by atoms with Gasteiger partial charge in [0.2, 0.25) is 6.71 Å². The molecule has 0 N–H and O–H groups in total. The number of hydrogen-bond acceptors (Lipinski definition) is 6. The molecule has 4 aliphatic heterocycles. The van der Waals surface area contributed by atoms with Crippen LogP contribution in [0, 0.1) is 60.4 Å². The fourth-order valence-corrected chi connectivity index (χ4v) is 15.2. The minimum Gasteiger partial charge on any atom is -0.311 e. The molecule has 434 valence electrons. The van der Waals surface area contributed by atoms with Gasteiger partial charge in [-0.15, -0.1) is 0 Å². The van der Waals surface area contributed by atoms with Gasteiger partial charge in [0.05, 0.1) is 11.4 Å². The van der Waals surface area contributed by atoms with E-state index in [1.165, 1.54) is 94.4 Å². The smallest absolute Gasteiger partial charge is 0.252 e. The van der Waals surface area contributed by atoms with E-state index in [1.54, 1.807) is 94.7 Å². The molecule has 4 heterocycles. The van der Waals surface area contributed by atoms with Crippen molar-refractivity contribution in [3.05, 3.63) is 294 Å². The molecule has 4 aliphatic rings. The first kappa shape index (κ1) is 54.9. The molecule has 0 saturated carbocycles. The second kappa shape index (κ2) is 21.1. The molecule has 12 aromatic rings. The monoisotopic (exact) mass is 1210 g/mol. The third-order valence-corrected chi connectivity index (χ3v) is 18.7. The number of fused-ring (bicyclic) bond motifs is 8. The van der Waals surface area contributed by atoms with Gasteiger partial charge in [-0.2, -0.15) is 0 Å². The zero-order valence-corrected chi connectivity index (χ0v) is 48.7. The molecule has 0 spiro atoms. The molecule has 0 fully saturated rings. The molecule has 0 saturated heterocycles. The van der Waals surface area contributed by atoms with Crippen LogP contribution in [0.3, 0.4) is 0 Å². The molecule has 5 nitrogen and oxygen atoms in total. The van der Waals surface area contributed by atoms with Gasteiger partial charge in [0.15, 0.2) is 0 Å². The highest BCUT2D eigenvalue weighted by molar-refractivity contribution is 8.00. The molecule has 0 unspecified atom stereocenters. The second-order valence-electron chi connectivity index (χ2n) is 22.7. The molecule has 16 heteroatoms. The topological polar surface area (TPSA) is 16.2 Å². The predicted molar refractivity (Wildman–Crippen MR) is 349 cm³/mol. The normalized spacial score (nSPS) is 13.1. The van der Waals surface area contributed by atoms with E-state index in [2.05, 4.69) is 17.0 Å². The number of nitrogens with zero attached hydrogens (tertiary/aromatic N) is 5. The molecule has 0 radical (unpaired) electrons. The van der Waals surface area contributed by atoms with Crippen molar-refractivity contribution in [2.24, 2.45) is 0 Å². The fraction of sp³-hybridized carbons (Fsp3) is 0.0270. The molecule has 0 amide bonds. The van der Waals surface area contributed by atoms with Gasteiger partial charge in [0.1, 0.15) is 69.3 Å². The highest BCUT2D eigenvalue weighted by atomic mass is 32.2. The van der Waals surface area contributed by atoms with Crippen molar-refractivity contribution in [3.8, 4) is 0 Å². The van der Waals surface area contributed by atoms with Gasteiger partial charge in [-0.1, -0.05) is 139 Å². The van der Waals surface area contributed by atoms with Crippen LogP contribution >= 0.6 is 11.8 Å². The zero-order valence-electron chi connectivity index (χ0n) is 47.8. The van der Waals surface area contributed by atoms with Crippen LogP contribution in [0.4, 0.5) is 120 Å². The number of halogens is 8. The van der Waals surface area contributed by atoms with Crippen LogP contribution in [0.1, 0.15) is 11.1 Å². The van der Waals surface area contributed by atoms with Crippen LogP contribution in [0.15, 0.2) is 246 Å².